The second kappa shape index (κ2) is 4.09. The fourth-order valence-corrected chi connectivity index (χ4v) is 2.36. The zero-order chi connectivity index (χ0) is 12.7. The van der Waals surface area contributed by atoms with Crippen LogP contribution in [0.1, 0.15) is 12.5 Å². The lowest BCUT2D eigenvalue weighted by Crippen LogP contribution is -2.05. The molecule has 0 saturated carbocycles. The second-order valence-corrected chi connectivity index (χ2v) is 4.55. The van der Waals surface area contributed by atoms with Gasteiger partial charge in [-0.15, -0.1) is 0 Å². The van der Waals surface area contributed by atoms with Gasteiger partial charge >= 0.3 is 0 Å². The molecular formula is C15H12F2O. The average Bonchev–Trinajstić information content (AvgIpc) is 2.69. The van der Waals surface area contributed by atoms with Crippen LogP contribution in [-0.2, 0) is 6.42 Å². The Morgan fingerprint density at radius 3 is 2.72 bits per heavy atom. The van der Waals surface area contributed by atoms with Crippen molar-refractivity contribution in [1.82, 2.24) is 0 Å². The van der Waals surface area contributed by atoms with Crippen molar-refractivity contribution < 1.29 is 13.5 Å². The van der Waals surface area contributed by atoms with Crippen molar-refractivity contribution in [3.63, 3.8) is 0 Å². The first-order valence-electron chi connectivity index (χ1n) is 5.89. The molecule has 92 valence electrons. The lowest BCUT2D eigenvalue weighted by molar-refractivity contribution is 0.255. The third-order valence-corrected chi connectivity index (χ3v) is 3.14. The molecule has 0 radical (unpaired) electrons. The SMILES string of the molecule is CC1Cc2cccc(-c3ccc(F)cc3F)c2O1. The van der Waals surface area contributed by atoms with E-state index >= 15 is 0 Å². The molecule has 0 bridgehead atoms. The first kappa shape index (κ1) is 11.2. The van der Waals surface area contributed by atoms with Crippen LogP contribution in [-0.4, -0.2) is 6.10 Å². The molecule has 0 fully saturated rings. The molecule has 1 nitrogen and oxygen atoms in total. The van der Waals surface area contributed by atoms with Crippen LogP contribution in [0.4, 0.5) is 8.78 Å². The highest BCUT2D eigenvalue weighted by Gasteiger charge is 2.23. The Morgan fingerprint density at radius 1 is 1.11 bits per heavy atom. The highest BCUT2D eigenvalue weighted by atomic mass is 19.1. The largest absolute Gasteiger partial charge is 0.489 e. The Hall–Kier alpha value is -1.90. The van der Waals surface area contributed by atoms with Gasteiger partial charge in [0.25, 0.3) is 0 Å². The van der Waals surface area contributed by atoms with Crippen molar-refractivity contribution in [3.05, 3.63) is 53.6 Å². The summed E-state index contributed by atoms with van der Waals surface area (Å²) >= 11 is 0. The van der Waals surface area contributed by atoms with Gasteiger partial charge in [0.2, 0.25) is 0 Å². The van der Waals surface area contributed by atoms with E-state index in [2.05, 4.69) is 0 Å². The van der Waals surface area contributed by atoms with Gasteiger partial charge in [-0.1, -0.05) is 18.2 Å². The molecule has 1 unspecified atom stereocenters. The van der Waals surface area contributed by atoms with E-state index in [1.54, 1.807) is 6.07 Å². The molecule has 1 aliphatic heterocycles. The first-order valence-corrected chi connectivity index (χ1v) is 5.89. The summed E-state index contributed by atoms with van der Waals surface area (Å²) in [5.41, 5.74) is 2.14. The number of hydrogen-bond donors (Lipinski definition) is 0. The number of benzene rings is 2. The monoisotopic (exact) mass is 246 g/mol. The fraction of sp³-hybridized carbons (Fsp3) is 0.200. The molecule has 0 N–H and O–H groups in total. The molecule has 2 aromatic carbocycles. The number of hydrogen-bond acceptors (Lipinski definition) is 1. The summed E-state index contributed by atoms with van der Waals surface area (Å²) < 4.78 is 32.5. The summed E-state index contributed by atoms with van der Waals surface area (Å²) in [5, 5.41) is 0. The molecule has 0 aliphatic carbocycles. The van der Waals surface area contributed by atoms with E-state index in [4.69, 9.17) is 4.74 Å². The van der Waals surface area contributed by atoms with Crippen molar-refractivity contribution in [3.8, 4) is 16.9 Å². The van der Waals surface area contributed by atoms with Crippen LogP contribution in [0.5, 0.6) is 5.75 Å². The van der Waals surface area contributed by atoms with Crippen LogP contribution >= 0.6 is 0 Å². The third-order valence-electron chi connectivity index (χ3n) is 3.14. The van der Waals surface area contributed by atoms with Gasteiger partial charge in [-0.3, -0.25) is 0 Å². The van der Waals surface area contributed by atoms with Crippen molar-refractivity contribution in [2.45, 2.75) is 19.4 Å². The molecule has 0 saturated heterocycles. The lowest BCUT2D eigenvalue weighted by Gasteiger charge is -2.10. The molecule has 0 spiro atoms. The standard InChI is InChI=1S/C15H12F2O/c1-9-7-10-3-2-4-13(15(10)18-9)12-6-5-11(16)8-14(12)17/h2-6,8-9H,7H2,1H3. The summed E-state index contributed by atoms with van der Waals surface area (Å²) in [6.45, 7) is 1.98. The van der Waals surface area contributed by atoms with E-state index in [0.717, 1.165) is 23.8 Å². The smallest absolute Gasteiger partial charge is 0.134 e. The van der Waals surface area contributed by atoms with Crippen LogP contribution < -0.4 is 4.74 Å². The fourth-order valence-electron chi connectivity index (χ4n) is 2.36. The molecule has 2 aromatic rings. The van der Waals surface area contributed by atoms with Gasteiger partial charge in [-0.05, 0) is 24.6 Å². The maximum absolute atomic E-state index is 13.8. The van der Waals surface area contributed by atoms with Crippen molar-refractivity contribution >= 4 is 0 Å². The Morgan fingerprint density at radius 2 is 1.94 bits per heavy atom. The van der Waals surface area contributed by atoms with Crippen LogP contribution in [0.2, 0.25) is 0 Å². The molecule has 1 aliphatic rings. The molecular weight excluding hydrogens is 234 g/mol. The van der Waals surface area contributed by atoms with Crippen molar-refractivity contribution in [2.75, 3.05) is 0 Å². The van der Waals surface area contributed by atoms with Gasteiger partial charge < -0.3 is 4.74 Å². The number of halogens is 2. The minimum Gasteiger partial charge on any atom is -0.489 e. The Bertz CT molecular complexity index is 607. The van der Waals surface area contributed by atoms with E-state index in [0.29, 0.717) is 11.1 Å². The summed E-state index contributed by atoms with van der Waals surface area (Å²) in [4.78, 5) is 0. The number of para-hydroxylation sites is 1. The maximum Gasteiger partial charge on any atom is 0.134 e. The van der Waals surface area contributed by atoms with E-state index < -0.39 is 11.6 Å². The van der Waals surface area contributed by atoms with E-state index in [9.17, 15) is 8.78 Å². The Balaban J connectivity index is 2.16. The summed E-state index contributed by atoms with van der Waals surface area (Å²) in [6, 6.07) is 9.26. The highest BCUT2D eigenvalue weighted by Crippen LogP contribution is 2.39. The van der Waals surface area contributed by atoms with Crippen LogP contribution in [0, 0.1) is 11.6 Å². The van der Waals surface area contributed by atoms with Gasteiger partial charge in [0, 0.05) is 23.6 Å². The number of rotatable bonds is 1. The van der Waals surface area contributed by atoms with Crippen LogP contribution in [0.3, 0.4) is 0 Å². The maximum atomic E-state index is 13.8. The molecule has 18 heavy (non-hydrogen) atoms. The topological polar surface area (TPSA) is 9.23 Å². The predicted octanol–water partition coefficient (Wildman–Crippen LogP) is 3.96. The Labute approximate surface area is 104 Å². The molecule has 1 atom stereocenters. The molecule has 0 amide bonds. The van der Waals surface area contributed by atoms with E-state index in [1.807, 2.05) is 19.1 Å². The van der Waals surface area contributed by atoms with Gasteiger partial charge in [0.05, 0.1) is 0 Å². The minimum atomic E-state index is -0.571. The van der Waals surface area contributed by atoms with Crippen molar-refractivity contribution in [2.24, 2.45) is 0 Å². The summed E-state index contributed by atoms with van der Waals surface area (Å²) in [7, 11) is 0. The summed E-state index contributed by atoms with van der Waals surface area (Å²) in [6.07, 6.45) is 0.927. The van der Waals surface area contributed by atoms with Gasteiger partial charge in [0.1, 0.15) is 23.5 Å². The quantitative estimate of drug-likeness (QED) is 0.740. The number of fused-ring (bicyclic) bond motifs is 1. The second-order valence-electron chi connectivity index (χ2n) is 4.55. The van der Waals surface area contributed by atoms with Gasteiger partial charge in [0.15, 0.2) is 0 Å². The normalized spacial score (nSPS) is 17.4. The van der Waals surface area contributed by atoms with E-state index in [-0.39, 0.29) is 6.10 Å². The molecule has 0 aromatic heterocycles. The van der Waals surface area contributed by atoms with Crippen molar-refractivity contribution in [1.29, 1.82) is 0 Å². The summed E-state index contributed by atoms with van der Waals surface area (Å²) in [5.74, 6) is -0.417. The van der Waals surface area contributed by atoms with Crippen LogP contribution in [0.25, 0.3) is 11.1 Å². The lowest BCUT2D eigenvalue weighted by atomic mass is 10.0. The predicted molar refractivity (Wildman–Crippen MR) is 65.6 cm³/mol. The zero-order valence-corrected chi connectivity index (χ0v) is 9.91. The first-order chi connectivity index (χ1) is 8.65. The minimum absolute atomic E-state index is 0.102. The highest BCUT2D eigenvalue weighted by molar-refractivity contribution is 5.73. The van der Waals surface area contributed by atoms with E-state index in [1.165, 1.54) is 12.1 Å². The Kier molecular flexibility index (Phi) is 2.54. The van der Waals surface area contributed by atoms with Gasteiger partial charge in [-0.25, -0.2) is 8.78 Å². The number of ether oxygens (including phenoxy) is 1. The molecule has 1 heterocycles. The average molecular weight is 246 g/mol. The molecule has 3 rings (SSSR count). The molecule has 3 heteroatoms. The zero-order valence-electron chi connectivity index (χ0n) is 9.91. The van der Waals surface area contributed by atoms with Gasteiger partial charge in [-0.2, -0.15) is 0 Å². The third kappa shape index (κ3) is 1.76. The van der Waals surface area contributed by atoms with Crippen LogP contribution in [0.15, 0.2) is 36.4 Å².